The molecule has 0 aliphatic carbocycles. The predicted octanol–water partition coefficient (Wildman–Crippen LogP) is 8.34. The second-order valence-corrected chi connectivity index (χ2v) is 19.8. The van der Waals surface area contributed by atoms with Crippen LogP contribution in [0.15, 0.2) is 309 Å². The Morgan fingerprint density at radius 2 is 0.405 bits per heavy atom. The summed E-state index contributed by atoms with van der Waals surface area (Å²) in [5, 5.41) is 7.99. The van der Waals surface area contributed by atoms with Crippen LogP contribution in [-0.4, -0.2) is 76.6 Å². The number of benzene rings is 9. The first-order valence-corrected chi connectivity index (χ1v) is 26.9. The molecule has 9 heteroatoms. The minimum absolute atomic E-state index is 0. The number of fused-ring (bicyclic) bond motifs is 3. The molecule has 0 aliphatic heterocycles. The van der Waals surface area contributed by atoms with Crippen LogP contribution >= 0.6 is 0 Å². The minimum atomic E-state index is 0. The van der Waals surface area contributed by atoms with Gasteiger partial charge in [0.1, 0.15) is 0 Å². The van der Waals surface area contributed by atoms with Gasteiger partial charge >= 0.3 is 55.7 Å². The molecule has 12 aromatic rings. The van der Waals surface area contributed by atoms with Gasteiger partial charge in [-0.25, -0.2) is 0 Å². The van der Waals surface area contributed by atoms with Gasteiger partial charge in [-0.1, -0.05) is 145 Å². The summed E-state index contributed by atoms with van der Waals surface area (Å²) in [6, 6.07) is 108. The Hall–Kier alpha value is -6.08. The summed E-state index contributed by atoms with van der Waals surface area (Å²) in [6.07, 6.45) is 0. The molecule has 84 heavy (non-hydrogen) atoms. The van der Waals surface area contributed by atoms with Crippen LogP contribution in [0, 0.1) is 17.8 Å². The quantitative estimate of drug-likeness (QED) is 0.114. The van der Waals surface area contributed by atoms with E-state index in [1.807, 2.05) is 0 Å². The van der Waals surface area contributed by atoms with E-state index in [0.29, 0.717) is 0 Å². The van der Waals surface area contributed by atoms with Crippen LogP contribution < -0.4 is 37.2 Å². The molecule has 0 N–H and O–H groups in total. The topological polar surface area (TPSA) is 9.72 Å². The van der Waals surface area contributed by atoms with Gasteiger partial charge < -0.3 is 51.9 Å². The van der Waals surface area contributed by atoms with Crippen LogP contribution in [0.3, 0.4) is 0 Å². The van der Waals surface area contributed by atoms with Gasteiger partial charge in [0.15, 0.2) is 0 Å². The molecule has 12 aromatic carbocycles. The molecule has 0 aliphatic rings. The van der Waals surface area contributed by atoms with Crippen LogP contribution in [0.2, 0.25) is 0 Å². The van der Waals surface area contributed by atoms with Crippen LogP contribution in [0.5, 0.6) is 0 Å². The van der Waals surface area contributed by atoms with E-state index in [1.165, 1.54) is 83.5 Å². The summed E-state index contributed by atoms with van der Waals surface area (Å²) >= 11 is 0. The SMILES string of the molecule is CN(C)C[C-](c1ccccc1)c1ccccc1.CN(C)C[C-](c1ccccc1)c1ccccc1.CN(C)C[C-](c1ccccc1)c1ccccc1.[Cl-].[Cl-].[Cl-].[V+2].[V+2].[V+2].c1ccc2[cH-]ccc2c1.c1ccc2[cH-]ccc2c1.c1ccc2[cH-]ccc2c1. The fraction of sp³-hybridized carbons (Fsp3) is 0.120. The Labute approximate surface area is 557 Å². The van der Waals surface area contributed by atoms with E-state index >= 15 is 0 Å². The Bertz CT molecular complexity index is 2870. The van der Waals surface area contributed by atoms with Crippen molar-refractivity contribution in [3.8, 4) is 0 Å². The molecule has 0 fully saturated rings. The first kappa shape index (κ1) is 75.9. The summed E-state index contributed by atoms with van der Waals surface area (Å²) in [5.41, 5.74) is 7.79. The van der Waals surface area contributed by atoms with E-state index in [2.05, 4.69) is 366 Å². The number of likely N-dealkylation sites (N-methyl/N-ethyl adjacent to an activating group) is 3. The van der Waals surface area contributed by atoms with Gasteiger partial charge in [-0.3, -0.25) is 0 Å². The molecule has 0 saturated heterocycles. The van der Waals surface area contributed by atoms with Crippen LogP contribution in [0.25, 0.3) is 32.3 Å². The van der Waals surface area contributed by atoms with E-state index in [9.17, 15) is 0 Å². The van der Waals surface area contributed by atoms with Crippen LogP contribution in [0.4, 0.5) is 0 Å². The minimum Gasteiger partial charge on any atom is -1.00 e. The van der Waals surface area contributed by atoms with Crippen molar-refractivity contribution >= 4 is 32.3 Å². The molecule has 0 unspecified atom stereocenters. The third kappa shape index (κ3) is 25.6. The van der Waals surface area contributed by atoms with Crippen molar-refractivity contribution in [1.29, 1.82) is 0 Å². The van der Waals surface area contributed by atoms with Gasteiger partial charge in [-0.05, 0) is 61.9 Å². The zero-order valence-electron chi connectivity index (χ0n) is 48.9. The predicted molar refractivity (Wildman–Crippen MR) is 337 cm³/mol. The summed E-state index contributed by atoms with van der Waals surface area (Å²) in [7, 11) is 12.6. The zero-order chi connectivity index (χ0) is 54.6. The zero-order valence-corrected chi connectivity index (χ0v) is 55.3. The van der Waals surface area contributed by atoms with Crippen LogP contribution in [-0.2, 0) is 55.7 Å². The Morgan fingerprint density at radius 3 is 0.571 bits per heavy atom. The Balaban J connectivity index is 0.000000507. The molecule has 12 rings (SSSR count). The van der Waals surface area contributed by atoms with E-state index in [1.54, 1.807) is 0 Å². The van der Waals surface area contributed by atoms with E-state index in [4.69, 9.17) is 0 Å². The van der Waals surface area contributed by atoms with Gasteiger partial charge in [0, 0.05) is 0 Å². The second-order valence-electron chi connectivity index (χ2n) is 19.8. The maximum absolute atomic E-state index is 2.20. The largest absolute Gasteiger partial charge is 2.00 e. The van der Waals surface area contributed by atoms with Gasteiger partial charge in [0.2, 0.25) is 0 Å². The smallest absolute Gasteiger partial charge is 1.00 e. The van der Waals surface area contributed by atoms with Gasteiger partial charge in [-0.15, -0.1) is 195 Å². The maximum Gasteiger partial charge on any atom is 2.00 e. The fourth-order valence-corrected chi connectivity index (χ4v) is 9.04. The van der Waals surface area contributed by atoms with Crippen molar-refractivity contribution < 1.29 is 92.9 Å². The van der Waals surface area contributed by atoms with Crippen LogP contribution in [0.1, 0.15) is 33.4 Å². The fourth-order valence-electron chi connectivity index (χ4n) is 9.04. The summed E-state index contributed by atoms with van der Waals surface area (Å²) in [4.78, 5) is 6.61. The van der Waals surface area contributed by atoms with E-state index < -0.39 is 0 Å². The molecule has 0 aromatic heterocycles. The van der Waals surface area contributed by atoms with Crippen molar-refractivity contribution in [2.75, 3.05) is 61.9 Å². The van der Waals surface area contributed by atoms with Gasteiger partial charge in [-0.2, -0.15) is 52.6 Å². The van der Waals surface area contributed by atoms with Gasteiger partial charge in [0.25, 0.3) is 0 Å². The Kier molecular flexibility index (Phi) is 38.6. The molecule has 0 atom stereocenters. The summed E-state index contributed by atoms with van der Waals surface area (Å²) in [5.74, 6) is 4.11. The summed E-state index contributed by atoms with van der Waals surface area (Å²) < 4.78 is 0. The van der Waals surface area contributed by atoms with Crippen molar-refractivity contribution in [3.63, 3.8) is 0 Å². The third-order valence-corrected chi connectivity index (χ3v) is 12.8. The first-order chi connectivity index (χ1) is 38.2. The molecular formula is C75H75Cl3N3V3-3. The third-order valence-electron chi connectivity index (χ3n) is 12.8. The van der Waals surface area contributed by atoms with Crippen molar-refractivity contribution in [2.45, 2.75) is 0 Å². The molecule has 0 spiro atoms. The van der Waals surface area contributed by atoms with E-state index in [0.717, 1.165) is 19.6 Å². The second kappa shape index (κ2) is 42.7. The maximum atomic E-state index is 2.20. The molecule has 0 heterocycles. The number of nitrogens with zero attached hydrogens (tertiary/aromatic N) is 3. The van der Waals surface area contributed by atoms with Crippen molar-refractivity contribution in [2.24, 2.45) is 0 Å². The molecular weight excluding hydrogens is 1200 g/mol. The first-order valence-electron chi connectivity index (χ1n) is 26.9. The van der Waals surface area contributed by atoms with E-state index in [-0.39, 0.29) is 92.9 Å². The monoisotopic (exact) mass is 1280 g/mol. The molecule has 429 valence electrons. The number of hydrogen-bond donors (Lipinski definition) is 0. The standard InChI is InChI=1S/3C16H18N.3C9H7.3ClH.3V/c3*1-17(2)13-16(14-9-5-3-6-10-14)15-11-7-4-8-12-15;3*1-2-5-9-7-3-6-8(9)4-1;;;;;;/h3*3-12H,13H2,1-2H3;3*1-7H;3*1H;;;/q6*-1;;;;3*+2/p-3. The molecule has 3 radical (unpaired) electrons. The number of rotatable bonds is 12. The summed E-state index contributed by atoms with van der Waals surface area (Å²) in [6.45, 7) is 2.86. The molecule has 0 bridgehead atoms. The van der Waals surface area contributed by atoms with Crippen molar-refractivity contribution in [3.05, 3.63) is 361 Å². The normalized spacial score (nSPS) is 9.68. The molecule has 0 amide bonds. The molecule has 3 nitrogen and oxygen atoms in total. The number of hydrogen-bond acceptors (Lipinski definition) is 3. The van der Waals surface area contributed by atoms with Gasteiger partial charge in [0.05, 0.1) is 0 Å². The Morgan fingerprint density at radius 1 is 0.238 bits per heavy atom. The molecule has 0 saturated carbocycles. The average Bonchev–Trinajstić information content (AvgIpc) is 4.39. The number of halogens is 3. The average molecular weight is 1280 g/mol. The van der Waals surface area contributed by atoms with Crippen molar-refractivity contribution in [1.82, 2.24) is 14.7 Å².